The summed E-state index contributed by atoms with van der Waals surface area (Å²) >= 11 is 0. The molecule has 0 atom stereocenters. The van der Waals surface area contributed by atoms with E-state index in [2.05, 4.69) is 53.5 Å². The van der Waals surface area contributed by atoms with Crippen molar-refractivity contribution in [3.63, 3.8) is 0 Å². The summed E-state index contributed by atoms with van der Waals surface area (Å²) in [6.45, 7) is 14.5. The Balaban J connectivity index is 1.52. The van der Waals surface area contributed by atoms with E-state index in [-0.39, 0.29) is 29.0 Å². The molecule has 3 heterocycles. The van der Waals surface area contributed by atoms with Crippen LogP contribution in [0.4, 0.5) is 16.2 Å². The Hall–Kier alpha value is -4.70. The fraction of sp³-hybridized carbons (Fsp3) is 0.450. The monoisotopic (exact) mass is 680 g/mol. The van der Waals surface area contributed by atoms with E-state index in [4.69, 9.17) is 4.74 Å². The zero-order valence-corrected chi connectivity index (χ0v) is 30.2. The number of anilines is 2. The van der Waals surface area contributed by atoms with Crippen LogP contribution in [0.3, 0.4) is 0 Å². The van der Waals surface area contributed by atoms with Crippen LogP contribution in [-0.2, 0) is 11.3 Å². The van der Waals surface area contributed by atoms with E-state index < -0.39 is 6.03 Å². The van der Waals surface area contributed by atoms with Crippen molar-refractivity contribution in [1.82, 2.24) is 19.8 Å². The highest BCUT2D eigenvalue weighted by Gasteiger charge is 2.23. The first-order valence-corrected chi connectivity index (χ1v) is 18.1. The van der Waals surface area contributed by atoms with Crippen LogP contribution in [0.15, 0.2) is 65.6 Å². The molecule has 1 saturated heterocycles. The van der Waals surface area contributed by atoms with Gasteiger partial charge < -0.3 is 25.6 Å². The highest BCUT2D eigenvalue weighted by atomic mass is 16.5. The molecule has 0 unspecified atom stereocenters. The topological polar surface area (TPSA) is 118 Å². The smallest absolute Gasteiger partial charge is 0.323 e. The third-order valence-electron chi connectivity index (χ3n) is 9.26. The Morgan fingerprint density at radius 1 is 0.860 bits per heavy atom. The molecule has 4 aromatic rings. The minimum atomic E-state index is -0.503. The van der Waals surface area contributed by atoms with E-state index in [0.717, 1.165) is 53.8 Å². The average Bonchev–Trinajstić information content (AvgIpc) is 3.10. The second kappa shape index (κ2) is 17.3. The maximum absolute atomic E-state index is 14.4. The largest absolute Gasteiger partial charge is 0.494 e. The molecular weight excluding hydrogens is 628 g/mol. The Kier molecular flexibility index (Phi) is 12.7. The van der Waals surface area contributed by atoms with Crippen molar-refractivity contribution in [2.24, 2.45) is 0 Å². The lowest BCUT2D eigenvalue weighted by Crippen LogP contribution is -2.31. The lowest BCUT2D eigenvalue weighted by Gasteiger charge is -2.26. The number of benzene rings is 2. The molecule has 0 saturated carbocycles. The van der Waals surface area contributed by atoms with Gasteiger partial charge in [-0.15, -0.1) is 0 Å². The van der Waals surface area contributed by atoms with Crippen LogP contribution in [0, 0.1) is 0 Å². The number of aromatic nitrogens is 2. The molecule has 3 amide bonds. The van der Waals surface area contributed by atoms with Crippen LogP contribution in [0.5, 0.6) is 5.75 Å². The van der Waals surface area contributed by atoms with E-state index in [9.17, 15) is 14.4 Å². The second-order valence-electron chi connectivity index (χ2n) is 13.8. The van der Waals surface area contributed by atoms with E-state index in [1.54, 1.807) is 10.8 Å². The molecule has 1 aliphatic rings. The zero-order valence-electron chi connectivity index (χ0n) is 30.2. The molecule has 50 heavy (non-hydrogen) atoms. The van der Waals surface area contributed by atoms with Gasteiger partial charge in [0.15, 0.2) is 0 Å². The number of likely N-dealkylation sites (tertiary alicyclic amines) is 1. The lowest BCUT2D eigenvalue weighted by molar-refractivity contribution is -0.118. The van der Waals surface area contributed by atoms with Crippen molar-refractivity contribution in [2.45, 2.75) is 85.1 Å². The number of hydrogen-bond donors (Lipinski definition) is 3. The summed E-state index contributed by atoms with van der Waals surface area (Å²) in [4.78, 5) is 47.1. The van der Waals surface area contributed by atoms with E-state index in [1.165, 1.54) is 26.2 Å². The van der Waals surface area contributed by atoms with Crippen molar-refractivity contribution in [2.75, 3.05) is 43.4 Å². The van der Waals surface area contributed by atoms with Gasteiger partial charge in [0.05, 0.1) is 6.61 Å². The molecule has 266 valence electrons. The number of carbonyl (C=O) groups excluding carboxylic acids is 2. The summed E-state index contributed by atoms with van der Waals surface area (Å²) in [6, 6.07) is 17.0. The second-order valence-corrected chi connectivity index (χ2v) is 13.8. The van der Waals surface area contributed by atoms with Crippen molar-refractivity contribution < 1.29 is 14.3 Å². The predicted octanol–water partition coefficient (Wildman–Crippen LogP) is 7.74. The van der Waals surface area contributed by atoms with E-state index in [0.29, 0.717) is 43.1 Å². The first-order chi connectivity index (χ1) is 24.1. The van der Waals surface area contributed by atoms with E-state index >= 15 is 0 Å². The van der Waals surface area contributed by atoms with Crippen molar-refractivity contribution >= 4 is 34.3 Å². The highest BCUT2D eigenvalue weighted by molar-refractivity contribution is 6.07. The van der Waals surface area contributed by atoms with Gasteiger partial charge in [0.2, 0.25) is 5.91 Å². The maximum atomic E-state index is 14.4. The highest BCUT2D eigenvalue weighted by Crippen LogP contribution is 2.36. The quantitative estimate of drug-likeness (QED) is 0.117. The van der Waals surface area contributed by atoms with Crippen LogP contribution in [0.25, 0.3) is 22.2 Å². The summed E-state index contributed by atoms with van der Waals surface area (Å²) < 4.78 is 7.80. The fourth-order valence-electron chi connectivity index (χ4n) is 6.76. The third-order valence-corrected chi connectivity index (χ3v) is 9.26. The normalized spacial score (nSPS) is 13.5. The summed E-state index contributed by atoms with van der Waals surface area (Å²) in [5, 5.41) is 9.61. The van der Waals surface area contributed by atoms with Gasteiger partial charge in [0, 0.05) is 49.4 Å². The van der Waals surface area contributed by atoms with Gasteiger partial charge >= 0.3 is 6.03 Å². The maximum Gasteiger partial charge on any atom is 0.323 e. The molecule has 0 spiro atoms. The third kappa shape index (κ3) is 9.09. The van der Waals surface area contributed by atoms with Gasteiger partial charge in [-0.1, -0.05) is 64.4 Å². The van der Waals surface area contributed by atoms with Crippen LogP contribution >= 0.6 is 0 Å². The average molecular weight is 681 g/mol. The van der Waals surface area contributed by atoms with Gasteiger partial charge in [-0.2, -0.15) is 0 Å². The van der Waals surface area contributed by atoms with Gasteiger partial charge in [-0.3, -0.25) is 14.2 Å². The van der Waals surface area contributed by atoms with Gasteiger partial charge in [0.25, 0.3) is 5.56 Å². The lowest BCUT2D eigenvalue weighted by atomic mass is 9.93. The summed E-state index contributed by atoms with van der Waals surface area (Å²) in [5.41, 5.74) is 4.39. The Morgan fingerprint density at radius 3 is 2.26 bits per heavy atom. The minimum Gasteiger partial charge on any atom is -0.494 e. The van der Waals surface area contributed by atoms with Crippen LogP contribution < -0.4 is 26.2 Å². The zero-order chi connectivity index (χ0) is 35.6. The molecule has 2 aromatic carbocycles. The number of carbonyl (C=O) groups is 2. The molecule has 10 heteroatoms. The number of rotatable bonds is 14. The van der Waals surface area contributed by atoms with Crippen LogP contribution in [0.1, 0.15) is 89.7 Å². The molecule has 5 rings (SSSR count). The van der Waals surface area contributed by atoms with Crippen LogP contribution in [-0.4, -0.2) is 59.2 Å². The van der Waals surface area contributed by atoms with Crippen LogP contribution in [0.2, 0.25) is 0 Å². The number of nitrogens with zero attached hydrogens (tertiary/aromatic N) is 3. The molecule has 3 N–H and O–H groups in total. The van der Waals surface area contributed by atoms with Crippen molar-refractivity contribution in [1.29, 1.82) is 0 Å². The molecule has 0 radical (unpaired) electrons. The SMILES string of the molecule is CC(=O)NCCCn1c(=O)c(NC(=O)Nc2c(C(C)C)cccc2C(C)C)c(-c2cccc(OCCCN3CCCCC3)c2)c2cccnc21. The Bertz CT molecular complexity index is 1820. The number of fused-ring (bicyclic) bond motifs is 1. The molecule has 0 bridgehead atoms. The Morgan fingerprint density at radius 2 is 1.56 bits per heavy atom. The van der Waals surface area contributed by atoms with Crippen molar-refractivity contribution in [3.8, 4) is 16.9 Å². The fourth-order valence-corrected chi connectivity index (χ4v) is 6.76. The number of nitrogens with one attached hydrogen (secondary N) is 3. The molecule has 0 aliphatic carbocycles. The number of amides is 3. The molecule has 1 fully saturated rings. The number of para-hydroxylation sites is 1. The van der Waals surface area contributed by atoms with Gasteiger partial charge in [-0.05, 0) is 91.6 Å². The number of aryl methyl sites for hydroxylation is 1. The number of hydrogen-bond acceptors (Lipinski definition) is 6. The minimum absolute atomic E-state index is 0.134. The summed E-state index contributed by atoms with van der Waals surface area (Å²) in [5.74, 6) is 0.913. The number of ether oxygens (including phenoxy) is 1. The number of pyridine rings is 2. The number of piperidine rings is 1. The van der Waals surface area contributed by atoms with Gasteiger partial charge in [-0.25, -0.2) is 9.78 Å². The Labute approximate surface area is 295 Å². The molecule has 1 aliphatic heterocycles. The van der Waals surface area contributed by atoms with Gasteiger partial charge in [0.1, 0.15) is 17.1 Å². The standard InChI is InChI=1S/C40H52N6O4/c1-27(2)32-16-10-17-33(28(3)4)36(32)43-40(49)44-37-35(30-14-9-15-31(26-30)50-25-13-23-45-21-7-6-8-22-45)34-18-11-19-42-38(34)46(39(37)48)24-12-20-41-29(5)47/h9-11,14-19,26-28H,6-8,12-13,20-25H2,1-5H3,(H,41,47)(H2,43,44,49). The first-order valence-electron chi connectivity index (χ1n) is 18.1. The molecule has 10 nitrogen and oxygen atoms in total. The molecule has 2 aromatic heterocycles. The molecular formula is C40H52N6O4. The summed E-state index contributed by atoms with van der Waals surface area (Å²) in [6.07, 6.45) is 6.93. The predicted molar refractivity (Wildman–Crippen MR) is 202 cm³/mol. The van der Waals surface area contributed by atoms with E-state index in [1.807, 2.05) is 54.6 Å². The first kappa shape index (κ1) is 36.6. The summed E-state index contributed by atoms with van der Waals surface area (Å²) in [7, 11) is 0. The number of urea groups is 1. The van der Waals surface area contributed by atoms with Crippen molar-refractivity contribution in [3.05, 3.63) is 82.3 Å².